The number of nitrogens with one attached hydrogen (secondary N) is 2. The molecule has 1 heterocycles. The van der Waals surface area contributed by atoms with E-state index in [9.17, 15) is 14.4 Å². The van der Waals surface area contributed by atoms with E-state index in [1.165, 1.54) is 7.05 Å². The lowest BCUT2D eigenvalue weighted by Gasteiger charge is -2.33. The Balaban J connectivity index is 2.73. The zero-order chi connectivity index (χ0) is 15.1. The van der Waals surface area contributed by atoms with Gasteiger partial charge >= 0.3 is 6.03 Å². The van der Waals surface area contributed by atoms with Gasteiger partial charge in [-0.2, -0.15) is 0 Å². The highest BCUT2D eigenvalue weighted by Gasteiger charge is 2.30. The van der Waals surface area contributed by atoms with Crippen molar-refractivity contribution in [3.05, 3.63) is 0 Å². The topological polar surface area (TPSA) is 78.5 Å². The van der Waals surface area contributed by atoms with Crippen LogP contribution in [0.5, 0.6) is 0 Å². The highest BCUT2D eigenvalue weighted by Crippen LogP contribution is 2.22. The molecule has 1 saturated heterocycles. The van der Waals surface area contributed by atoms with Gasteiger partial charge in [-0.25, -0.2) is 4.79 Å². The highest BCUT2D eigenvalue weighted by molar-refractivity contribution is 5.96. The summed E-state index contributed by atoms with van der Waals surface area (Å²) in [6.07, 6.45) is 4.62. The van der Waals surface area contributed by atoms with Crippen LogP contribution in [-0.4, -0.2) is 48.3 Å². The average molecular weight is 283 g/mol. The Morgan fingerprint density at radius 3 is 2.55 bits per heavy atom. The van der Waals surface area contributed by atoms with Crippen molar-refractivity contribution in [3.63, 3.8) is 0 Å². The number of likely N-dealkylation sites (tertiary alicyclic amines) is 1. The van der Waals surface area contributed by atoms with Gasteiger partial charge in [0.1, 0.15) is 5.78 Å². The van der Waals surface area contributed by atoms with Crippen LogP contribution in [-0.2, 0) is 9.59 Å². The van der Waals surface area contributed by atoms with Crippen LogP contribution in [0.3, 0.4) is 0 Å². The van der Waals surface area contributed by atoms with Gasteiger partial charge in [0.25, 0.3) is 0 Å². The number of hydrogen-bond donors (Lipinski definition) is 2. The van der Waals surface area contributed by atoms with E-state index in [0.29, 0.717) is 6.42 Å². The number of hydrogen-bond acceptors (Lipinski definition) is 4. The van der Waals surface area contributed by atoms with Crippen LogP contribution < -0.4 is 10.6 Å². The lowest BCUT2D eigenvalue weighted by Crippen LogP contribution is -2.52. The van der Waals surface area contributed by atoms with E-state index in [1.54, 1.807) is 13.8 Å². The van der Waals surface area contributed by atoms with Gasteiger partial charge in [0.05, 0.1) is 6.04 Å². The first-order valence-corrected chi connectivity index (χ1v) is 7.23. The van der Waals surface area contributed by atoms with E-state index in [2.05, 4.69) is 15.5 Å². The Morgan fingerprint density at radius 2 is 1.95 bits per heavy atom. The van der Waals surface area contributed by atoms with Crippen LogP contribution in [0.2, 0.25) is 0 Å². The van der Waals surface area contributed by atoms with Crippen molar-refractivity contribution in [2.24, 2.45) is 0 Å². The van der Waals surface area contributed by atoms with E-state index in [4.69, 9.17) is 0 Å². The molecule has 0 spiro atoms. The molecule has 0 aromatic carbocycles. The quantitative estimate of drug-likeness (QED) is 0.808. The average Bonchev–Trinajstić information content (AvgIpc) is 2.62. The number of Topliss-reactive ketones (excluding diaryl/α,β-unsaturated/α-hetero) is 1. The predicted octanol–water partition coefficient (Wildman–Crippen LogP) is 1.05. The molecule has 3 amide bonds. The minimum Gasteiger partial charge on any atom is -0.341 e. The molecule has 0 bridgehead atoms. The maximum atomic E-state index is 12.1. The molecule has 2 N–H and O–H groups in total. The molecule has 0 radical (unpaired) electrons. The number of carbonyl (C=O) groups excluding carboxylic acids is 3. The van der Waals surface area contributed by atoms with E-state index in [-0.39, 0.29) is 17.7 Å². The number of imide groups is 1. The summed E-state index contributed by atoms with van der Waals surface area (Å²) in [6, 6.07) is -0.810. The second kappa shape index (κ2) is 7.99. The Bertz CT molecular complexity index is 371. The van der Waals surface area contributed by atoms with E-state index >= 15 is 0 Å². The van der Waals surface area contributed by atoms with Crippen LogP contribution in [0.4, 0.5) is 4.79 Å². The number of carbonyl (C=O) groups is 3. The van der Waals surface area contributed by atoms with Gasteiger partial charge in [-0.3, -0.25) is 19.8 Å². The van der Waals surface area contributed by atoms with Crippen LogP contribution >= 0.6 is 0 Å². The first-order chi connectivity index (χ1) is 9.45. The monoisotopic (exact) mass is 283 g/mol. The summed E-state index contributed by atoms with van der Waals surface area (Å²) in [4.78, 5) is 36.7. The molecule has 1 rings (SSSR count). The zero-order valence-electron chi connectivity index (χ0n) is 12.6. The van der Waals surface area contributed by atoms with Crippen molar-refractivity contribution in [2.75, 3.05) is 13.6 Å². The summed E-state index contributed by atoms with van der Waals surface area (Å²) in [5.74, 6) is -0.180. The molecule has 0 aromatic rings. The third-order valence-electron chi connectivity index (χ3n) is 3.79. The summed E-state index contributed by atoms with van der Waals surface area (Å²) < 4.78 is 0. The third kappa shape index (κ3) is 4.92. The summed E-state index contributed by atoms with van der Waals surface area (Å²) in [5.41, 5.74) is 0. The van der Waals surface area contributed by atoms with Gasteiger partial charge in [0.2, 0.25) is 5.91 Å². The summed E-state index contributed by atoms with van der Waals surface area (Å²) in [7, 11) is 1.47. The van der Waals surface area contributed by atoms with Gasteiger partial charge in [-0.15, -0.1) is 0 Å². The fourth-order valence-corrected chi connectivity index (χ4v) is 2.69. The molecular formula is C14H25N3O3. The Morgan fingerprint density at radius 1 is 1.25 bits per heavy atom. The van der Waals surface area contributed by atoms with Crippen molar-refractivity contribution in [1.29, 1.82) is 0 Å². The van der Waals surface area contributed by atoms with Gasteiger partial charge in [0.15, 0.2) is 0 Å². The van der Waals surface area contributed by atoms with Crippen LogP contribution in [0.15, 0.2) is 0 Å². The molecule has 20 heavy (non-hydrogen) atoms. The van der Waals surface area contributed by atoms with Crippen LogP contribution in [0, 0.1) is 0 Å². The van der Waals surface area contributed by atoms with Crippen LogP contribution in [0.25, 0.3) is 0 Å². The first kappa shape index (κ1) is 16.6. The smallest absolute Gasteiger partial charge is 0.321 e. The maximum Gasteiger partial charge on any atom is 0.321 e. The van der Waals surface area contributed by atoms with Crippen molar-refractivity contribution in [1.82, 2.24) is 15.5 Å². The summed E-state index contributed by atoms with van der Waals surface area (Å²) in [6.45, 7) is 4.16. The maximum absolute atomic E-state index is 12.1. The summed E-state index contributed by atoms with van der Waals surface area (Å²) >= 11 is 0. The van der Waals surface area contributed by atoms with Crippen molar-refractivity contribution in [2.45, 2.75) is 58.0 Å². The fraction of sp³-hybridized carbons (Fsp3) is 0.786. The van der Waals surface area contributed by atoms with E-state index in [0.717, 1.165) is 32.2 Å². The molecule has 1 fully saturated rings. The third-order valence-corrected chi connectivity index (χ3v) is 3.79. The van der Waals surface area contributed by atoms with Crippen LogP contribution in [0.1, 0.15) is 46.0 Å². The Kier molecular flexibility index (Phi) is 6.64. The van der Waals surface area contributed by atoms with E-state index in [1.807, 2.05) is 0 Å². The molecular weight excluding hydrogens is 258 g/mol. The molecule has 6 heteroatoms. The molecule has 114 valence electrons. The number of urea groups is 1. The second-order valence-electron chi connectivity index (χ2n) is 5.39. The molecule has 0 aliphatic carbocycles. The van der Waals surface area contributed by atoms with Crippen molar-refractivity contribution in [3.8, 4) is 0 Å². The molecule has 0 aromatic heterocycles. The van der Waals surface area contributed by atoms with Gasteiger partial charge in [-0.1, -0.05) is 12.8 Å². The van der Waals surface area contributed by atoms with Gasteiger partial charge < -0.3 is 5.32 Å². The second-order valence-corrected chi connectivity index (χ2v) is 5.39. The number of rotatable bonds is 4. The Hall–Kier alpha value is -1.43. The molecule has 1 aliphatic rings. The largest absolute Gasteiger partial charge is 0.341 e. The highest BCUT2D eigenvalue weighted by atomic mass is 16.2. The number of nitrogens with zero attached hydrogens (tertiary/aromatic N) is 1. The first-order valence-electron chi connectivity index (χ1n) is 7.23. The van der Waals surface area contributed by atoms with E-state index < -0.39 is 12.1 Å². The fourth-order valence-electron chi connectivity index (χ4n) is 2.69. The number of amides is 3. The molecule has 1 aliphatic heterocycles. The normalized spacial score (nSPS) is 21.6. The summed E-state index contributed by atoms with van der Waals surface area (Å²) in [5, 5.41) is 4.67. The molecule has 2 unspecified atom stereocenters. The minimum absolute atomic E-state index is 0.0976. The lowest BCUT2D eigenvalue weighted by molar-refractivity contribution is -0.127. The minimum atomic E-state index is -0.500. The molecule has 2 atom stereocenters. The predicted molar refractivity (Wildman–Crippen MR) is 76.3 cm³/mol. The molecule has 0 saturated carbocycles. The zero-order valence-corrected chi connectivity index (χ0v) is 12.6. The van der Waals surface area contributed by atoms with Gasteiger partial charge in [-0.05, 0) is 33.2 Å². The standard InChI is InChI=1S/C14H25N3O3/c1-10(18)9-12-7-5-4-6-8-17(12)11(2)13(19)16-14(20)15-3/h11-12H,4-9H2,1-3H3,(H2,15,16,19,20). The lowest BCUT2D eigenvalue weighted by atomic mass is 10.0. The van der Waals surface area contributed by atoms with Crippen molar-refractivity contribution < 1.29 is 14.4 Å². The van der Waals surface area contributed by atoms with Crippen molar-refractivity contribution >= 4 is 17.7 Å². The molecule has 6 nitrogen and oxygen atoms in total. The Labute approximate surface area is 120 Å². The number of ketones is 1. The van der Waals surface area contributed by atoms with Gasteiger partial charge in [0, 0.05) is 19.5 Å². The SMILES string of the molecule is CNC(=O)NC(=O)C(C)N1CCCCCC1CC(C)=O.